The number of carbonyl (C=O) groups is 1. The minimum absolute atomic E-state index is 0.0816. The van der Waals surface area contributed by atoms with E-state index in [2.05, 4.69) is 15.6 Å². The number of carbonyl (C=O) groups excluding carboxylic acids is 1. The highest BCUT2D eigenvalue weighted by atomic mass is 19.3. The van der Waals surface area contributed by atoms with Gasteiger partial charge in [0, 0.05) is 30.7 Å². The van der Waals surface area contributed by atoms with E-state index >= 15 is 0 Å². The average Bonchev–Trinajstić information content (AvgIpc) is 3.45. The quantitative estimate of drug-likeness (QED) is 0.340. The Balaban J connectivity index is 0.931. The second-order valence-electron chi connectivity index (χ2n) is 14.3. The molecule has 246 valence electrons. The van der Waals surface area contributed by atoms with E-state index in [-0.39, 0.29) is 29.4 Å². The van der Waals surface area contributed by atoms with Crippen LogP contribution in [0.5, 0.6) is 5.88 Å². The Morgan fingerprint density at radius 3 is 2.37 bits per heavy atom. The predicted octanol–water partition coefficient (Wildman–Crippen LogP) is 4.95. The summed E-state index contributed by atoms with van der Waals surface area (Å²) in [5, 5.41) is 6.98. The van der Waals surface area contributed by atoms with Crippen molar-refractivity contribution in [1.82, 2.24) is 30.2 Å². The molecule has 2 aromatic heterocycles. The minimum Gasteiger partial charge on any atom is -0.474 e. The summed E-state index contributed by atoms with van der Waals surface area (Å²) in [4.78, 5) is 28.6. The standard InChI is InChI=1S/C34H43F2N7O3/c35-31(36)32-39-26-3-1-2-4-27(26)43(32)28-16-30(41-33(40-28)42-9-11-45-12-10-42)46-25-7-5-24(6-8-25)38-29(44)20-37-34-17-21-13-22(18-34)15-23(14-21)19-34/h1-4,16,21-25,31,37H,5-15,17-20H2,(H,38,44). The maximum atomic E-state index is 14.2. The van der Waals surface area contributed by atoms with Gasteiger partial charge >= 0.3 is 0 Å². The number of para-hydroxylation sites is 2. The van der Waals surface area contributed by atoms with Gasteiger partial charge in [-0.2, -0.15) is 9.97 Å². The fraction of sp³-hybridized carbons (Fsp3) is 0.647. The van der Waals surface area contributed by atoms with Crippen molar-refractivity contribution in [3.63, 3.8) is 0 Å². The SMILES string of the molecule is O=C(CNC12CC3CC(CC(C3)C1)C2)NC1CCC(Oc2cc(-n3c(C(F)F)nc4ccccc43)nc(N3CCOCC3)n2)CC1. The van der Waals surface area contributed by atoms with Gasteiger partial charge in [-0.25, -0.2) is 13.8 Å². The number of benzene rings is 1. The van der Waals surface area contributed by atoms with Gasteiger partial charge in [0.25, 0.3) is 6.43 Å². The Morgan fingerprint density at radius 2 is 1.67 bits per heavy atom. The molecule has 6 fully saturated rings. The molecule has 12 heteroatoms. The number of hydrogen-bond donors (Lipinski definition) is 2. The van der Waals surface area contributed by atoms with E-state index in [4.69, 9.17) is 19.4 Å². The number of ether oxygens (including phenoxy) is 2. The van der Waals surface area contributed by atoms with Crippen LogP contribution in [0.1, 0.15) is 76.5 Å². The smallest absolute Gasteiger partial charge is 0.296 e. The van der Waals surface area contributed by atoms with Crippen LogP contribution in [-0.2, 0) is 9.53 Å². The van der Waals surface area contributed by atoms with Crippen LogP contribution in [0, 0.1) is 17.8 Å². The number of nitrogens with zero attached hydrogens (tertiary/aromatic N) is 5. The minimum atomic E-state index is -2.79. The lowest BCUT2D eigenvalue weighted by Crippen LogP contribution is -2.60. The Hall–Kier alpha value is -3.38. The third kappa shape index (κ3) is 6.05. The molecular weight excluding hydrogens is 592 g/mol. The van der Waals surface area contributed by atoms with Gasteiger partial charge < -0.3 is 25.0 Å². The summed E-state index contributed by atoms with van der Waals surface area (Å²) in [7, 11) is 0. The molecule has 1 amide bonds. The van der Waals surface area contributed by atoms with E-state index in [1.165, 1.54) is 43.1 Å². The number of alkyl halides is 2. The van der Waals surface area contributed by atoms with E-state index in [1.54, 1.807) is 30.3 Å². The van der Waals surface area contributed by atoms with Crippen LogP contribution in [-0.4, -0.2) is 76.0 Å². The highest BCUT2D eigenvalue weighted by Gasteiger charge is 2.50. The number of aromatic nitrogens is 4. The van der Waals surface area contributed by atoms with Crippen molar-refractivity contribution in [2.24, 2.45) is 17.8 Å². The molecule has 5 aliphatic carbocycles. The van der Waals surface area contributed by atoms with Crippen molar-refractivity contribution in [1.29, 1.82) is 0 Å². The zero-order valence-corrected chi connectivity index (χ0v) is 26.2. The van der Waals surface area contributed by atoms with E-state index < -0.39 is 6.43 Å². The zero-order chi connectivity index (χ0) is 31.3. The zero-order valence-electron chi connectivity index (χ0n) is 26.2. The van der Waals surface area contributed by atoms with E-state index in [0.29, 0.717) is 61.5 Å². The molecule has 3 heterocycles. The molecule has 4 bridgehead atoms. The van der Waals surface area contributed by atoms with Crippen molar-refractivity contribution in [2.75, 3.05) is 37.7 Å². The fourth-order valence-corrected chi connectivity index (χ4v) is 9.28. The first kappa shape index (κ1) is 30.0. The van der Waals surface area contributed by atoms with E-state index in [9.17, 15) is 13.6 Å². The first-order chi connectivity index (χ1) is 22.4. The molecule has 0 spiro atoms. The second kappa shape index (κ2) is 12.3. The molecule has 9 rings (SSSR count). The van der Waals surface area contributed by atoms with Crippen LogP contribution in [0.4, 0.5) is 14.7 Å². The Morgan fingerprint density at radius 1 is 0.978 bits per heavy atom. The molecule has 1 aromatic carbocycles. The topological polar surface area (TPSA) is 106 Å². The summed E-state index contributed by atoms with van der Waals surface area (Å²) < 4.78 is 41.7. The Labute approximate surface area is 267 Å². The Kier molecular flexibility index (Phi) is 8.04. The average molecular weight is 636 g/mol. The van der Waals surface area contributed by atoms with Gasteiger partial charge in [-0.15, -0.1) is 0 Å². The number of amides is 1. The number of rotatable bonds is 9. The monoisotopic (exact) mass is 635 g/mol. The predicted molar refractivity (Wildman–Crippen MR) is 168 cm³/mol. The van der Waals surface area contributed by atoms with Crippen LogP contribution in [0.3, 0.4) is 0 Å². The Bertz CT molecular complexity index is 1530. The van der Waals surface area contributed by atoms with Crippen LogP contribution in [0.25, 0.3) is 16.9 Å². The molecule has 0 atom stereocenters. The first-order valence-electron chi connectivity index (χ1n) is 17.1. The van der Waals surface area contributed by atoms with E-state index in [1.807, 2.05) is 4.90 Å². The number of morpholine rings is 1. The fourth-order valence-electron chi connectivity index (χ4n) is 9.28. The van der Waals surface area contributed by atoms with Gasteiger partial charge in [-0.1, -0.05) is 12.1 Å². The van der Waals surface area contributed by atoms with Gasteiger partial charge in [0.1, 0.15) is 11.9 Å². The molecular formula is C34H43F2N7O3. The van der Waals surface area contributed by atoms with E-state index in [0.717, 1.165) is 43.4 Å². The van der Waals surface area contributed by atoms with Gasteiger partial charge in [0.2, 0.25) is 17.7 Å². The van der Waals surface area contributed by atoms with Crippen molar-refractivity contribution in [3.05, 3.63) is 36.2 Å². The van der Waals surface area contributed by atoms with Crippen LogP contribution < -0.4 is 20.3 Å². The van der Waals surface area contributed by atoms with Crippen molar-refractivity contribution >= 4 is 22.9 Å². The normalized spacial score (nSPS) is 30.7. The number of nitrogens with one attached hydrogen (secondary N) is 2. The molecule has 6 aliphatic rings. The molecule has 1 aliphatic heterocycles. The first-order valence-corrected chi connectivity index (χ1v) is 17.1. The van der Waals surface area contributed by atoms with Gasteiger partial charge in [-0.05, 0) is 94.1 Å². The summed E-state index contributed by atoms with van der Waals surface area (Å²) >= 11 is 0. The lowest BCUT2D eigenvalue weighted by molar-refractivity contribution is -0.122. The van der Waals surface area contributed by atoms with Gasteiger partial charge in [-0.3, -0.25) is 9.36 Å². The molecule has 2 N–H and O–H groups in total. The van der Waals surface area contributed by atoms with Gasteiger partial charge in [0.05, 0.1) is 30.8 Å². The van der Waals surface area contributed by atoms with Crippen LogP contribution in [0.2, 0.25) is 0 Å². The third-order valence-corrected chi connectivity index (χ3v) is 11.0. The lowest BCUT2D eigenvalue weighted by Gasteiger charge is -2.57. The molecule has 3 aromatic rings. The molecule has 0 unspecified atom stereocenters. The summed E-state index contributed by atoms with van der Waals surface area (Å²) in [6.45, 7) is 2.65. The maximum absolute atomic E-state index is 14.2. The number of anilines is 1. The summed E-state index contributed by atoms with van der Waals surface area (Å²) in [5.74, 6) is 3.31. The number of imidazole rings is 1. The maximum Gasteiger partial charge on any atom is 0.296 e. The summed E-state index contributed by atoms with van der Waals surface area (Å²) in [6, 6.07) is 8.80. The molecule has 5 saturated carbocycles. The lowest BCUT2D eigenvalue weighted by atomic mass is 9.53. The van der Waals surface area contributed by atoms with Crippen LogP contribution in [0.15, 0.2) is 30.3 Å². The highest BCUT2D eigenvalue weighted by Crippen LogP contribution is 2.55. The van der Waals surface area contributed by atoms with Crippen LogP contribution >= 0.6 is 0 Å². The number of fused-ring (bicyclic) bond motifs is 1. The van der Waals surface area contributed by atoms with Gasteiger partial charge in [0.15, 0.2) is 5.82 Å². The molecule has 0 radical (unpaired) electrons. The van der Waals surface area contributed by atoms with Crippen molar-refractivity contribution in [3.8, 4) is 11.7 Å². The third-order valence-electron chi connectivity index (χ3n) is 11.0. The number of halogens is 2. The summed E-state index contributed by atoms with van der Waals surface area (Å²) in [6.07, 6.45) is 8.11. The largest absolute Gasteiger partial charge is 0.474 e. The highest BCUT2D eigenvalue weighted by molar-refractivity contribution is 5.79. The summed E-state index contributed by atoms with van der Waals surface area (Å²) in [5.41, 5.74) is 1.19. The molecule has 46 heavy (non-hydrogen) atoms. The van der Waals surface area contributed by atoms with Crippen molar-refractivity contribution in [2.45, 2.75) is 88.3 Å². The second-order valence-corrected chi connectivity index (χ2v) is 14.3. The van der Waals surface area contributed by atoms with Crippen molar-refractivity contribution < 1.29 is 23.0 Å². The number of hydrogen-bond acceptors (Lipinski definition) is 8. The molecule has 10 nitrogen and oxygen atoms in total. The molecule has 1 saturated heterocycles.